The topological polar surface area (TPSA) is 89.5 Å². The first-order valence-corrected chi connectivity index (χ1v) is 10.6. The first-order chi connectivity index (χ1) is 16.0. The summed E-state index contributed by atoms with van der Waals surface area (Å²) in [6.07, 6.45) is 6.65. The third-order valence-corrected chi connectivity index (χ3v) is 6.15. The predicted octanol–water partition coefficient (Wildman–Crippen LogP) is 5.16. The van der Waals surface area contributed by atoms with Gasteiger partial charge < -0.3 is 9.72 Å². The smallest absolute Gasteiger partial charge is 0.223 e. The number of imidazole rings is 1. The maximum absolute atomic E-state index is 14.9. The van der Waals surface area contributed by atoms with Crippen LogP contribution in [0.2, 0.25) is 0 Å². The van der Waals surface area contributed by atoms with Gasteiger partial charge in [0.2, 0.25) is 5.88 Å². The lowest BCUT2D eigenvalue weighted by molar-refractivity contribution is 0.353. The zero-order chi connectivity index (χ0) is 22.6. The number of rotatable bonds is 3. The molecule has 7 nitrogen and oxygen atoms in total. The lowest BCUT2D eigenvalue weighted by Gasteiger charge is -2.37. The van der Waals surface area contributed by atoms with Crippen LogP contribution in [0.4, 0.5) is 4.39 Å². The van der Waals surface area contributed by atoms with E-state index < -0.39 is 11.2 Å². The molecule has 1 aromatic carbocycles. The third-order valence-electron chi connectivity index (χ3n) is 6.15. The number of H-pyrrole nitrogens is 1. The van der Waals surface area contributed by atoms with Gasteiger partial charge in [-0.05, 0) is 24.3 Å². The van der Waals surface area contributed by atoms with Gasteiger partial charge in [0.25, 0.3) is 0 Å². The van der Waals surface area contributed by atoms with Gasteiger partial charge in [-0.25, -0.2) is 24.3 Å². The Morgan fingerprint density at radius 1 is 0.909 bits per heavy atom. The van der Waals surface area contributed by atoms with E-state index in [2.05, 4.69) is 33.8 Å². The molecule has 0 aliphatic carbocycles. The molecule has 1 N–H and O–H groups in total. The molecule has 162 valence electrons. The molecule has 1 atom stereocenters. The van der Waals surface area contributed by atoms with Gasteiger partial charge in [0.1, 0.15) is 5.82 Å². The van der Waals surface area contributed by atoms with E-state index in [1.807, 2.05) is 30.3 Å². The van der Waals surface area contributed by atoms with Crippen molar-refractivity contribution >= 4 is 11.3 Å². The predicted molar refractivity (Wildman–Crippen MR) is 120 cm³/mol. The van der Waals surface area contributed by atoms with Crippen LogP contribution in [0.1, 0.15) is 36.7 Å². The second-order valence-electron chi connectivity index (χ2n) is 8.56. The Morgan fingerprint density at radius 3 is 2.55 bits per heavy atom. The molecule has 0 saturated heterocycles. The molecule has 4 aromatic heterocycles. The Morgan fingerprint density at radius 2 is 1.73 bits per heavy atom. The molecule has 0 fully saturated rings. The minimum Gasteiger partial charge on any atom is -0.435 e. The summed E-state index contributed by atoms with van der Waals surface area (Å²) in [4.78, 5) is 25.4. The van der Waals surface area contributed by atoms with Crippen molar-refractivity contribution in [1.82, 2.24) is 29.9 Å². The molecule has 0 amide bonds. The van der Waals surface area contributed by atoms with Crippen LogP contribution in [-0.4, -0.2) is 29.9 Å². The number of aromatic nitrogens is 6. The summed E-state index contributed by atoms with van der Waals surface area (Å²) in [6, 6.07) is 12.7. The number of nitrogens with one attached hydrogen (secondary N) is 1. The zero-order valence-corrected chi connectivity index (χ0v) is 18.0. The van der Waals surface area contributed by atoms with Crippen LogP contribution in [0, 0.1) is 5.82 Å². The maximum Gasteiger partial charge on any atom is 0.223 e. The molecule has 0 bridgehead atoms. The number of para-hydroxylation sites is 1. The maximum atomic E-state index is 14.9. The summed E-state index contributed by atoms with van der Waals surface area (Å²) in [6.45, 7) is 4.13. The fourth-order valence-corrected chi connectivity index (χ4v) is 4.53. The number of halogens is 1. The van der Waals surface area contributed by atoms with Gasteiger partial charge >= 0.3 is 0 Å². The summed E-state index contributed by atoms with van der Waals surface area (Å²) < 4.78 is 20.9. The Kier molecular flexibility index (Phi) is 4.23. The van der Waals surface area contributed by atoms with Crippen molar-refractivity contribution in [2.24, 2.45) is 0 Å². The first kappa shape index (κ1) is 19.5. The molecule has 6 rings (SSSR count). The van der Waals surface area contributed by atoms with Crippen LogP contribution in [0.15, 0.2) is 67.3 Å². The molecule has 0 radical (unpaired) electrons. The Bertz CT molecular complexity index is 1460. The number of hydrogen-bond donors (Lipinski definition) is 1. The van der Waals surface area contributed by atoms with Crippen LogP contribution in [0.3, 0.4) is 0 Å². The summed E-state index contributed by atoms with van der Waals surface area (Å²) in [7, 11) is 0. The van der Waals surface area contributed by atoms with E-state index >= 15 is 0 Å². The van der Waals surface area contributed by atoms with Gasteiger partial charge in [-0.3, -0.25) is 4.98 Å². The van der Waals surface area contributed by atoms with E-state index in [0.29, 0.717) is 23.0 Å². The highest BCUT2D eigenvalue weighted by molar-refractivity contribution is 5.66. The molecular formula is C25H19FN6O. The summed E-state index contributed by atoms with van der Waals surface area (Å²) in [5.41, 5.74) is 3.80. The van der Waals surface area contributed by atoms with E-state index in [9.17, 15) is 4.39 Å². The van der Waals surface area contributed by atoms with Crippen molar-refractivity contribution in [2.45, 2.75) is 25.2 Å². The highest BCUT2D eigenvalue weighted by Gasteiger charge is 2.43. The van der Waals surface area contributed by atoms with E-state index in [1.165, 1.54) is 6.07 Å². The van der Waals surface area contributed by atoms with Crippen molar-refractivity contribution in [3.63, 3.8) is 0 Å². The minimum atomic E-state index is -0.580. The Labute approximate surface area is 188 Å². The number of aromatic amines is 1. The Balaban J connectivity index is 1.55. The van der Waals surface area contributed by atoms with Gasteiger partial charge in [0, 0.05) is 52.8 Å². The fourth-order valence-electron chi connectivity index (χ4n) is 4.53. The summed E-state index contributed by atoms with van der Waals surface area (Å²) >= 11 is 0. The van der Waals surface area contributed by atoms with Gasteiger partial charge in [-0.2, -0.15) is 0 Å². The number of nitrogens with zero attached hydrogens (tertiary/aromatic N) is 5. The molecule has 8 heteroatoms. The highest BCUT2D eigenvalue weighted by atomic mass is 19.1. The molecule has 5 aromatic rings. The molecule has 1 aliphatic heterocycles. The molecule has 0 saturated carbocycles. The van der Waals surface area contributed by atoms with Crippen molar-refractivity contribution in [2.75, 3.05) is 0 Å². The second-order valence-corrected chi connectivity index (χ2v) is 8.56. The standard InChI is InChI=1S/C25H19FN6O/c1-25(2,24-31-21-22(32-24)29-13-12-28-21)19-15-4-3-5-17(26)20(15)33-23-16(19)6-7-18(30-23)14-8-10-27-11-9-14/h3-13,19H,1-2H3,(H,28,29,31,32)/t19-/m0/s1. The fraction of sp³-hybridized carbons (Fsp3) is 0.160. The molecule has 0 spiro atoms. The number of benzene rings is 1. The SMILES string of the molecule is CC(C)(c1nc2nccnc2[nH]1)[C@@H]1c2ccc(-c3ccncc3)nc2Oc2c(F)cccc21. The molecule has 33 heavy (non-hydrogen) atoms. The van der Waals surface area contributed by atoms with Crippen molar-refractivity contribution in [3.05, 3.63) is 90.0 Å². The molecule has 5 heterocycles. The quantitative estimate of drug-likeness (QED) is 0.418. The van der Waals surface area contributed by atoms with Gasteiger partial charge in [-0.15, -0.1) is 0 Å². The zero-order valence-electron chi connectivity index (χ0n) is 18.0. The number of pyridine rings is 2. The number of ether oxygens (including phenoxy) is 1. The van der Waals surface area contributed by atoms with Crippen LogP contribution in [-0.2, 0) is 5.41 Å². The Hall–Kier alpha value is -4.20. The van der Waals surface area contributed by atoms with E-state index in [-0.39, 0.29) is 11.7 Å². The normalized spacial score (nSPS) is 15.1. The monoisotopic (exact) mass is 438 g/mol. The second kappa shape index (κ2) is 7.16. The summed E-state index contributed by atoms with van der Waals surface area (Å²) in [5, 5.41) is 0. The average Bonchev–Trinajstić information content (AvgIpc) is 3.29. The lowest BCUT2D eigenvalue weighted by Crippen LogP contribution is -2.32. The van der Waals surface area contributed by atoms with E-state index in [0.717, 1.165) is 22.4 Å². The van der Waals surface area contributed by atoms with Crippen LogP contribution >= 0.6 is 0 Å². The highest BCUT2D eigenvalue weighted by Crippen LogP contribution is 2.52. The molecular weight excluding hydrogens is 419 g/mol. The van der Waals surface area contributed by atoms with Gasteiger partial charge in [-0.1, -0.05) is 32.0 Å². The number of hydrogen-bond acceptors (Lipinski definition) is 6. The van der Waals surface area contributed by atoms with Gasteiger partial charge in [0.05, 0.1) is 5.69 Å². The third kappa shape index (κ3) is 3.06. The largest absolute Gasteiger partial charge is 0.435 e. The van der Waals surface area contributed by atoms with E-state index in [1.54, 1.807) is 30.9 Å². The first-order valence-electron chi connectivity index (χ1n) is 10.6. The van der Waals surface area contributed by atoms with Crippen LogP contribution < -0.4 is 4.74 Å². The van der Waals surface area contributed by atoms with E-state index in [4.69, 9.17) is 14.7 Å². The summed E-state index contributed by atoms with van der Waals surface area (Å²) in [5.74, 6) is 0.576. The molecule has 1 aliphatic rings. The van der Waals surface area contributed by atoms with Crippen molar-refractivity contribution in [1.29, 1.82) is 0 Å². The van der Waals surface area contributed by atoms with Crippen LogP contribution in [0.25, 0.3) is 22.6 Å². The van der Waals surface area contributed by atoms with Crippen molar-refractivity contribution < 1.29 is 9.13 Å². The average molecular weight is 438 g/mol. The van der Waals surface area contributed by atoms with Gasteiger partial charge in [0.15, 0.2) is 22.9 Å². The lowest BCUT2D eigenvalue weighted by atomic mass is 9.69. The van der Waals surface area contributed by atoms with Crippen molar-refractivity contribution in [3.8, 4) is 22.9 Å². The van der Waals surface area contributed by atoms with Crippen LogP contribution in [0.5, 0.6) is 11.6 Å². The molecule has 0 unspecified atom stereocenters. The minimum absolute atomic E-state index is 0.190. The number of fused-ring (bicyclic) bond motifs is 3.